The molecule has 0 spiro atoms. The first-order valence-electron chi connectivity index (χ1n) is 5.93. The molecule has 0 radical (unpaired) electrons. The highest BCUT2D eigenvalue weighted by atomic mass is 16.2. The van der Waals surface area contributed by atoms with E-state index in [0.717, 1.165) is 12.9 Å². The predicted molar refractivity (Wildman–Crippen MR) is 67.9 cm³/mol. The Morgan fingerprint density at radius 1 is 1.25 bits per heavy atom. The predicted octanol–water partition coefficient (Wildman–Crippen LogP) is 2.41. The monoisotopic (exact) mass is 222 g/mol. The van der Waals surface area contributed by atoms with Crippen molar-refractivity contribution in [1.29, 1.82) is 0 Å². The lowest BCUT2D eigenvalue weighted by Crippen LogP contribution is -2.19. The number of aliphatic hydroxyl groups excluding tert-OH is 1. The molecule has 0 aliphatic carbocycles. The molecule has 1 aromatic rings. The molecule has 0 atom stereocenters. The highest BCUT2D eigenvalue weighted by Gasteiger charge is 2.13. The Kier molecular flexibility index (Phi) is 5.26. The van der Waals surface area contributed by atoms with Crippen molar-refractivity contribution < 1.29 is 5.11 Å². The maximum atomic E-state index is 7.00. The molecule has 0 unspecified atom stereocenters. The maximum Gasteiger partial charge on any atom is 0.128 e. The zero-order valence-corrected chi connectivity index (χ0v) is 10.5. The lowest BCUT2D eigenvalue weighted by molar-refractivity contribution is 0.399. The molecule has 16 heavy (non-hydrogen) atoms. The highest BCUT2D eigenvalue weighted by Crippen LogP contribution is 2.21. The van der Waals surface area contributed by atoms with E-state index >= 15 is 0 Å². The summed E-state index contributed by atoms with van der Waals surface area (Å²) in [5.74, 6) is 1.76. The second kappa shape index (κ2) is 6.48. The largest absolute Gasteiger partial charge is 0.400 e. The molecule has 2 rings (SSSR count). The Morgan fingerprint density at radius 3 is 2.44 bits per heavy atom. The van der Waals surface area contributed by atoms with Crippen LogP contribution in [0.15, 0.2) is 18.3 Å². The van der Waals surface area contributed by atoms with Crippen LogP contribution in [0.2, 0.25) is 0 Å². The van der Waals surface area contributed by atoms with Crippen LogP contribution in [-0.2, 0) is 0 Å². The van der Waals surface area contributed by atoms with Crippen molar-refractivity contribution in [3.05, 3.63) is 23.9 Å². The summed E-state index contributed by atoms with van der Waals surface area (Å²) in [7, 11) is 1.00. The van der Waals surface area contributed by atoms with Crippen molar-refractivity contribution in [2.24, 2.45) is 0 Å². The number of hydrogen-bond acceptors (Lipinski definition) is 3. The zero-order valence-electron chi connectivity index (χ0n) is 10.5. The Hall–Kier alpha value is -1.09. The zero-order chi connectivity index (χ0) is 12.0. The van der Waals surface area contributed by atoms with Crippen LogP contribution < -0.4 is 4.90 Å². The summed E-state index contributed by atoms with van der Waals surface area (Å²) in [4.78, 5) is 6.81. The second-order valence-electron chi connectivity index (χ2n) is 4.30. The molecule has 0 bridgehead atoms. The van der Waals surface area contributed by atoms with Crippen LogP contribution in [0.4, 0.5) is 5.82 Å². The minimum Gasteiger partial charge on any atom is -0.400 e. The number of rotatable bonds is 2. The lowest BCUT2D eigenvalue weighted by atomic mass is 10.1. The lowest BCUT2D eigenvalue weighted by Gasteiger charge is -2.17. The Balaban J connectivity index is 0.000000606. The molecule has 0 saturated carbocycles. The van der Waals surface area contributed by atoms with Gasteiger partial charge in [-0.3, -0.25) is 0 Å². The van der Waals surface area contributed by atoms with E-state index in [9.17, 15) is 0 Å². The molecule has 0 amide bonds. The van der Waals surface area contributed by atoms with Crippen molar-refractivity contribution in [3.63, 3.8) is 0 Å². The third-order valence-electron chi connectivity index (χ3n) is 2.87. The van der Waals surface area contributed by atoms with Crippen LogP contribution in [-0.4, -0.2) is 30.3 Å². The van der Waals surface area contributed by atoms with Crippen molar-refractivity contribution in [2.75, 3.05) is 25.1 Å². The minimum absolute atomic E-state index is 0.597. The van der Waals surface area contributed by atoms with Gasteiger partial charge in [0, 0.05) is 26.4 Å². The molecule has 3 heteroatoms. The first-order chi connectivity index (χ1) is 7.77. The van der Waals surface area contributed by atoms with Crippen LogP contribution in [0.1, 0.15) is 38.2 Å². The molecule has 1 fully saturated rings. The van der Waals surface area contributed by atoms with E-state index in [-0.39, 0.29) is 0 Å². The van der Waals surface area contributed by atoms with E-state index in [2.05, 4.69) is 35.9 Å². The van der Waals surface area contributed by atoms with Crippen LogP contribution in [0.25, 0.3) is 0 Å². The molecule has 3 nitrogen and oxygen atoms in total. The Bertz CT molecular complexity index is 307. The Morgan fingerprint density at radius 2 is 1.88 bits per heavy atom. The van der Waals surface area contributed by atoms with Gasteiger partial charge in [0.05, 0.1) is 0 Å². The number of anilines is 1. The van der Waals surface area contributed by atoms with Crippen molar-refractivity contribution in [1.82, 2.24) is 4.98 Å². The summed E-state index contributed by atoms with van der Waals surface area (Å²) in [5.41, 5.74) is 1.39. The van der Waals surface area contributed by atoms with Gasteiger partial charge < -0.3 is 10.0 Å². The first-order valence-corrected chi connectivity index (χ1v) is 5.93. The number of hydrogen-bond donors (Lipinski definition) is 1. The van der Waals surface area contributed by atoms with Gasteiger partial charge in [-0.25, -0.2) is 4.98 Å². The molecular formula is C13H22N2O. The fourth-order valence-electron chi connectivity index (χ4n) is 1.91. The van der Waals surface area contributed by atoms with E-state index in [1.165, 1.54) is 31.5 Å². The Labute approximate surface area is 98.1 Å². The smallest absolute Gasteiger partial charge is 0.128 e. The SMILES string of the molecule is CC(C)c1ccnc(N2CCCC2)c1.CO. The van der Waals surface area contributed by atoms with Gasteiger partial charge in [-0.15, -0.1) is 0 Å². The molecule has 1 aliphatic rings. The topological polar surface area (TPSA) is 36.4 Å². The van der Waals surface area contributed by atoms with Gasteiger partial charge in [-0.2, -0.15) is 0 Å². The van der Waals surface area contributed by atoms with Crippen molar-refractivity contribution in [3.8, 4) is 0 Å². The summed E-state index contributed by atoms with van der Waals surface area (Å²) >= 11 is 0. The first kappa shape index (κ1) is 13.0. The van der Waals surface area contributed by atoms with Crippen LogP contribution in [0.3, 0.4) is 0 Å². The summed E-state index contributed by atoms with van der Waals surface area (Å²) in [6.45, 7) is 6.80. The summed E-state index contributed by atoms with van der Waals surface area (Å²) < 4.78 is 0. The standard InChI is InChI=1S/C12H18N2.CH4O/c1-10(2)11-5-6-13-12(9-11)14-7-3-4-8-14;1-2/h5-6,9-10H,3-4,7-8H2,1-2H3;2H,1H3. The fourth-order valence-corrected chi connectivity index (χ4v) is 1.91. The summed E-state index contributed by atoms with van der Waals surface area (Å²) in [6, 6.07) is 4.35. The third kappa shape index (κ3) is 3.20. The summed E-state index contributed by atoms with van der Waals surface area (Å²) in [5, 5.41) is 7.00. The molecule has 1 aliphatic heterocycles. The average Bonchev–Trinajstić information content (AvgIpc) is 2.85. The molecule has 1 N–H and O–H groups in total. The van der Waals surface area contributed by atoms with Crippen LogP contribution >= 0.6 is 0 Å². The van der Waals surface area contributed by atoms with Gasteiger partial charge in [0.1, 0.15) is 5.82 Å². The second-order valence-corrected chi connectivity index (χ2v) is 4.30. The van der Waals surface area contributed by atoms with Gasteiger partial charge in [-0.1, -0.05) is 13.8 Å². The normalized spacial score (nSPS) is 14.9. The fraction of sp³-hybridized carbons (Fsp3) is 0.615. The van der Waals surface area contributed by atoms with E-state index < -0.39 is 0 Å². The minimum atomic E-state index is 0.597. The van der Waals surface area contributed by atoms with Gasteiger partial charge in [0.15, 0.2) is 0 Å². The molecule has 90 valence electrons. The number of aliphatic hydroxyl groups is 1. The van der Waals surface area contributed by atoms with Crippen LogP contribution in [0.5, 0.6) is 0 Å². The number of aromatic nitrogens is 1. The average molecular weight is 222 g/mol. The molecule has 2 heterocycles. The van der Waals surface area contributed by atoms with Gasteiger partial charge in [0.25, 0.3) is 0 Å². The van der Waals surface area contributed by atoms with Gasteiger partial charge in [0.2, 0.25) is 0 Å². The molecular weight excluding hydrogens is 200 g/mol. The van der Waals surface area contributed by atoms with Crippen molar-refractivity contribution in [2.45, 2.75) is 32.6 Å². The quantitative estimate of drug-likeness (QED) is 0.835. The van der Waals surface area contributed by atoms with Gasteiger partial charge >= 0.3 is 0 Å². The van der Waals surface area contributed by atoms with E-state index in [0.29, 0.717) is 5.92 Å². The number of nitrogens with zero attached hydrogens (tertiary/aromatic N) is 2. The van der Waals surface area contributed by atoms with Crippen LogP contribution in [0, 0.1) is 0 Å². The van der Waals surface area contributed by atoms with Gasteiger partial charge in [-0.05, 0) is 36.5 Å². The molecule has 0 aromatic carbocycles. The summed E-state index contributed by atoms with van der Waals surface area (Å²) in [6.07, 6.45) is 4.56. The third-order valence-corrected chi connectivity index (χ3v) is 2.87. The number of pyridine rings is 1. The van der Waals surface area contributed by atoms with Crippen molar-refractivity contribution >= 4 is 5.82 Å². The maximum absolute atomic E-state index is 7.00. The van der Waals surface area contributed by atoms with E-state index in [4.69, 9.17) is 5.11 Å². The van der Waals surface area contributed by atoms with E-state index in [1.54, 1.807) is 0 Å². The highest BCUT2D eigenvalue weighted by molar-refractivity contribution is 5.42. The molecule has 1 aromatic heterocycles. The van der Waals surface area contributed by atoms with E-state index in [1.807, 2.05) is 6.20 Å². The molecule has 1 saturated heterocycles.